The molecule has 28 heavy (non-hydrogen) atoms. The summed E-state index contributed by atoms with van der Waals surface area (Å²) < 4.78 is 0. The Morgan fingerprint density at radius 1 is 1.18 bits per heavy atom. The van der Waals surface area contributed by atoms with Gasteiger partial charge in [-0.2, -0.15) is 4.98 Å². The van der Waals surface area contributed by atoms with Crippen molar-refractivity contribution in [2.75, 3.05) is 41.9 Å². The maximum absolute atomic E-state index is 4.90. The Balaban J connectivity index is 1.46. The average Bonchev–Trinajstić information content (AvgIpc) is 3.05. The molecule has 1 fully saturated rings. The quantitative estimate of drug-likeness (QED) is 0.729. The van der Waals surface area contributed by atoms with Crippen LogP contribution in [0.2, 0.25) is 0 Å². The van der Waals surface area contributed by atoms with Gasteiger partial charge in [-0.1, -0.05) is 6.07 Å². The lowest BCUT2D eigenvalue weighted by atomic mass is 10.1. The second-order valence-corrected chi connectivity index (χ2v) is 7.68. The summed E-state index contributed by atoms with van der Waals surface area (Å²) in [6.07, 6.45) is 6.06. The number of pyridine rings is 1. The van der Waals surface area contributed by atoms with Crippen molar-refractivity contribution in [1.82, 2.24) is 20.3 Å². The summed E-state index contributed by atoms with van der Waals surface area (Å²) >= 11 is 0. The van der Waals surface area contributed by atoms with Crippen molar-refractivity contribution >= 4 is 34.0 Å². The summed E-state index contributed by atoms with van der Waals surface area (Å²) in [6, 6.07) is 8.77. The maximum atomic E-state index is 4.90. The summed E-state index contributed by atoms with van der Waals surface area (Å²) in [5.41, 5.74) is 4.24. The smallest absolute Gasteiger partial charge is 0.229 e. The molecule has 7 nitrogen and oxygen atoms in total. The number of aryl methyl sites for hydroxylation is 1. The van der Waals surface area contributed by atoms with E-state index in [2.05, 4.69) is 62.6 Å². The third kappa shape index (κ3) is 3.01. The fourth-order valence-corrected chi connectivity index (χ4v) is 4.17. The highest BCUT2D eigenvalue weighted by atomic mass is 15.4. The Bertz CT molecular complexity index is 1010. The molecule has 7 heteroatoms. The third-order valence-corrected chi connectivity index (χ3v) is 5.74. The highest BCUT2D eigenvalue weighted by molar-refractivity contribution is 5.85. The van der Waals surface area contributed by atoms with E-state index in [1.54, 1.807) is 0 Å². The Hall–Kier alpha value is -2.93. The number of piperidine rings is 1. The van der Waals surface area contributed by atoms with Gasteiger partial charge in [0.25, 0.3) is 0 Å². The van der Waals surface area contributed by atoms with E-state index >= 15 is 0 Å². The lowest BCUT2D eigenvalue weighted by Crippen LogP contribution is -2.44. The van der Waals surface area contributed by atoms with Crippen LogP contribution >= 0.6 is 0 Å². The minimum absolute atomic E-state index is 0.529. The molecule has 2 aliphatic rings. The zero-order chi connectivity index (χ0) is 19.1. The molecule has 0 aliphatic carbocycles. The zero-order valence-electron chi connectivity index (χ0n) is 16.3. The molecule has 1 saturated heterocycles. The summed E-state index contributed by atoms with van der Waals surface area (Å²) in [7, 11) is 2.11. The zero-order valence-corrected chi connectivity index (χ0v) is 16.3. The van der Waals surface area contributed by atoms with Crippen LogP contribution in [-0.4, -0.2) is 47.8 Å². The highest BCUT2D eigenvalue weighted by Crippen LogP contribution is 2.36. The molecule has 1 aromatic carbocycles. The number of fused-ring (bicyclic) bond motifs is 2. The number of rotatable bonds is 3. The van der Waals surface area contributed by atoms with Gasteiger partial charge in [-0.05, 0) is 56.6 Å². The first-order chi connectivity index (χ1) is 13.7. The second-order valence-electron chi connectivity index (χ2n) is 7.68. The number of hydrogen-bond acceptors (Lipinski definition) is 7. The summed E-state index contributed by atoms with van der Waals surface area (Å²) in [5.74, 6) is 1.67. The van der Waals surface area contributed by atoms with Crippen molar-refractivity contribution in [3.8, 4) is 0 Å². The molecule has 0 saturated carbocycles. The highest BCUT2D eigenvalue weighted by Gasteiger charge is 2.32. The summed E-state index contributed by atoms with van der Waals surface area (Å²) in [4.78, 5) is 18.6. The number of benzene rings is 1. The van der Waals surface area contributed by atoms with Crippen molar-refractivity contribution < 1.29 is 0 Å². The second kappa shape index (κ2) is 6.91. The standard InChI is InChI=1S/C21H25N7/c1-14-10-18-15(4-3-7-23-18)11-17(14)25-21-24-12-19-20(26-21)28(13-27(19)2)16-5-8-22-9-6-16/h3-4,7,10-12,16,22H,5-6,8-9,13H2,1-2H3,(H,24,25,26). The fourth-order valence-electron chi connectivity index (χ4n) is 4.17. The normalized spacial score (nSPS) is 17.2. The summed E-state index contributed by atoms with van der Waals surface area (Å²) in [6.45, 7) is 5.10. The van der Waals surface area contributed by atoms with Gasteiger partial charge in [0.2, 0.25) is 5.95 Å². The largest absolute Gasteiger partial charge is 0.353 e. The van der Waals surface area contributed by atoms with Crippen LogP contribution in [0.25, 0.3) is 10.9 Å². The molecule has 2 aliphatic heterocycles. The molecule has 0 spiro atoms. The molecule has 5 rings (SSSR count). The monoisotopic (exact) mass is 375 g/mol. The molecule has 2 N–H and O–H groups in total. The van der Waals surface area contributed by atoms with Crippen LogP contribution in [0.4, 0.5) is 23.1 Å². The molecule has 0 radical (unpaired) electrons. The molecule has 3 aromatic rings. The number of nitrogens with zero attached hydrogens (tertiary/aromatic N) is 5. The van der Waals surface area contributed by atoms with Gasteiger partial charge in [0.15, 0.2) is 5.82 Å². The van der Waals surface area contributed by atoms with Crippen molar-refractivity contribution in [2.24, 2.45) is 0 Å². The Morgan fingerprint density at radius 3 is 2.89 bits per heavy atom. The van der Waals surface area contributed by atoms with Gasteiger partial charge in [-0.3, -0.25) is 4.98 Å². The minimum atomic E-state index is 0.529. The van der Waals surface area contributed by atoms with Gasteiger partial charge in [0, 0.05) is 30.4 Å². The van der Waals surface area contributed by atoms with E-state index < -0.39 is 0 Å². The van der Waals surface area contributed by atoms with Crippen molar-refractivity contribution in [3.05, 3.63) is 42.2 Å². The average molecular weight is 375 g/mol. The van der Waals surface area contributed by atoms with Gasteiger partial charge >= 0.3 is 0 Å². The van der Waals surface area contributed by atoms with Crippen molar-refractivity contribution in [3.63, 3.8) is 0 Å². The number of aromatic nitrogens is 3. The molecule has 2 aromatic heterocycles. The topological polar surface area (TPSA) is 69.2 Å². The van der Waals surface area contributed by atoms with Crippen molar-refractivity contribution in [2.45, 2.75) is 25.8 Å². The first-order valence-corrected chi connectivity index (χ1v) is 9.87. The van der Waals surface area contributed by atoms with Gasteiger partial charge in [-0.15, -0.1) is 0 Å². The van der Waals surface area contributed by atoms with E-state index in [-0.39, 0.29) is 0 Å². The third-order valence-electron chi connectivity index (χ3n) is 5.74. The molecular formula is C21H25N7. The van der Waals surface area contributed by atoms with Gasteiger partial charge in [-0.25, -0.2) is 4.98 Å². The Labute approximate surface area is 164 Å². The predicted molar refractivity (Wildman–Crippen MR) is 113 cm³/mol. The lowest BCUT2D eigenvalue weighted by Gasteiger charge is -2.32. The van der Waals surface area contributed by atoms with Crippen LogP contribution in [-0.2, 0) is 0 Å². The molecule has 0 bridgehead atoms. The Kier molecular flexibility index (Phi) is 4.24. The first kappa shape index (κ1) is 17.2. The van der Waals surface area contributed by atoms with Gasteiger partial charge in [0.1, 0.15) is 0 Å². The van der Waals surface area contributed by atoms with E-state index in [4.69, 9.17) is 4.98 Å². The SMILES string of the molecule is Cc1cc2ncccc2cc1Nc1ncc2c(n1)N(C1CCNCC1)CN2C. The van der Waals surface area contributed by atoms with Gasteiger partial charge in [0.05, 0.1) is 24.1 Å². The van der Waals surface area contributed by atoms with Crippen LogP contribution in [0.3, 0.4) is 0 Å². The lowest BCUT2D eigenvalue weighted by molar-refractivity contribution is 0.433. The number of hydrogen-bond donors (Lipinski definition) is 2. The molecule has 144 valence electrons. The van der Waals surface area contributed by atoms with Crippen LogP contribution in [0.15, 0.2) is 36.7 Å². The van der Waals surface area contributed by atoms with E-state index in [1.165, 1.54) is 0 Å². The maximum Gasteiger partial charge on any atom is 0.229 e. The van der Waals surface area contributed by atoms with E-state index in [9.17, 15) is 0 Å². The predicted octanol–water partition coefficient (Wildman–Crippen LogP) is 3.04. The van der Waals surface area contributed by atoms with Crippen LogP contribution in [0.1, 0.15) is 18.4 Å². The molecule has 0 unspecified atom stereocenters. The number of nitrogens with one attached hydrogen (secondary N) is 2. The van der Waals surface area contributed by atoms with Crippen LogP contribution < -0.4 is 20.4 Å². The van der Waals surface area contributed by atoms with E-state index in [0.717, 1.165) is 66.3 Å². The molecule has 0 atom stereocenters. The molecule has 0 amide bonds. The van der Waals surface area contributed by atoms with Crippen molar-refractivity contribution in [1.29, 1.82) is 0 Å². The van der Waals surface area contributed by atoms with E-state index in [1.807, 2.05) is 18.5 Å². The fraction of sp³-hybridized carbons (Fsp3) is 0.381. The molecular weight excluding hydrogens is 350 g/mol. The molecule has 4 heterocycles. The summed E-state index contributed by atoms with van der Waals surface area (Å²) in [5, 5.41) is 7.98. The van der Waals surface area contributed by atoms with Crippen LogP contribution in [0.5, 0.6) is 0 Å². The minimum Gasteiger partial charge on any atom is -0.353 e. The van der Waals surface area contributed by atoms with E-state index in [0.29, 0.717) is 12.0 Å². The van der Waals surface area contributed by atoms with Crippen LogP contribution in [0, 0.1) is 6.92 Å². The number of anilines is 4. The van der Waals surface area contributed by atoms with Gasteiger partial charge < -0.3 is 20.4 Å². The first-order valence-electron chi connectivity index (χ1n) is 9.87. The Morgan fingerprint density at radius 2 is 2.04 bits per heavy atom.